The molecule has 140 valence electrons. The third-order valence-electron chi connectivity index (χ3n) is 3.89. The van der Waals surface area contributed by atoms with Crippen molar-refractivity contribution < 1.29 is 18.3 Å². The summed E-state index contributed by atoms with van der Waals surface area (Å²) in [5.74, 6) is -3.05. The van der Waals surface area contributed by atoms with Crippen LogP contribution in [-0.4, -0.2) is 52.2 Å². The molecule has 0 unspecified atom stereocenters. The molecule has 2 heterocycles. The van der Waals surface area contributed by atoms with E-state index in [1.807, 2.05) is 0 Å². The molecule has 1 N–H and O–H groups in total. The van der Waals surface area contributed by atoms with Gasteiger partial charge in [0.05, 0.1) is 18.4 Å². The third-order valence-corrected chi connectivity index (χ3v) is 3.89. The average Bonchev–Trinajstić information content (AvgIpc) is 2.47. The van der Waals surface area contributed by atoms with Gasteiger partial charge < -0.3 is 10.1 Å². The molecule has 25 heavy (non-hydrogen) atoms. The van der Waals surface area contributed by atoms with Crippen molar-refractivity contribution in [3.05, 3.63) is 23.8 Å². The molecular formula is C17H26F2N4O2. The Labute approximate surface area is 147 Å². The Balaban J connectivity index is 1.82. The zero-order valence-corrected chi connectivity index (χ0v) is 15.2. The lowest BCUT2D eigenvalue weighted by Gasteiger charge is -2.34. The summed E-state index contributed by atoms with van der Waals surface area (Å²) in [4.78, 5) is 21.1. The molecule has 1 amide bonds. The Morgan fingerprint density at radius 1 is 1.28 bits per heavy atom. The molecule has 0 spiro atoms. The first-order valence-corrected chi connectivity index (χ1v) is 8.44. The molecule has 1 saturated heterocycles. The quantitative estimate of drug-likeness (QED) is 0.898. The normalized spacial score (nSPS) is 17.4. The van der Waals surface area contributed by atoms with Crippen molar-refractivity contribution in [2.75, 3.05) is 19.6 Å². The minimum Gasteiger partial charge on any atom is -0.444 e. The van der Waals surface area contributed by atoms with Crippen molar-refractivity contribution in [3.63, 3.8) is 0 Å². The molecule has 0 atom stereocenters. The van der Waals surface area contributed by atoms with E-state index in [2.05, 4.69) is 15.3 Å². The first-order chi connectivity index (χ1) is 11.5. The van der Waals surface area contributed by atoms with Crippen molar-refractivity contribution >= 4 is 6.09 Å². The molecule has 1 aromatic rings. The topological polar surface area (TPSA) is 67.4 Å². The fourth-order valence-corrected chi connectivity index (χ4v) is 2.65. The number of halogens is 2. The number of rotatable bonds is 4. The number of nitrogens with zero attached hydrogens (tertiary/aromatic N) is 3. The van der Waals surface area contributed by atoms with E-state index in [1.54, 1.807) is 32.6 Å². The van der Waals surface area contributed by atoms with Crippen molar-refractivity contribution in [2.24, 2.45) is 0 Å². The number of nitrogens with one attached hydrogen (secondary N) is 1. The lowest BCUT2D eigenvalue weighted by Crippen LogP contribution is -2.48. The molecule has 6 nitrogen and oxygen atoms in total. The number of alkyl halides is 2. The lowest BCUT2D eigenvalue weighted by atomic mass is 10.0. The molecule has 0 bridgehead atoms. The van der Waals surface area contributed by atoms with Gasteiger partial charge in [0.2, 0.25) is 0 Å². The maximum atomic E-state index is 14.3. The van der Waals surface area contributed by atoms with Crippen molar-refractivity contribution in [2.45, 2.75) is 58.1 Å². The third kappa shape index (κ3) is 6.19. The number of piperidine rings is 1. The number of likely N-dealkylation sites (tertiary alicyclic amines) is 1. The van der Waals surface area contributed by atoms with E-state index in [-0.39, 0.29) is 11.7 Å². The van der Waals surface area contributed by atoms with Crippen molar-refractivity contribution in [1.82, 2.24) is 20.2 Å². The monoisotopic (exact) mass is 356 g/mol. The van der Waals surface area contributed by atoms with Crippen LogP contribution < -0.4 is 5.32 Å². The Kier molecular flexibility index (Phi) is 5.92. The summed E-state index contributed by atoms with van der Waals surface area (Å²) < 4.78 is 33.9. The van der Waals surface area contributed by atoms with Gasteiger partial charge in [-0.25, -0.2) is 4.79 Å². The summed E-state index contributed by atoms with van der Waals surface area (Å²) in [7, 11) is 0. The largest absolute Gasteiger partial charge is 0.444 e. The Morgan fingerprint density at radius 2 is 1.92 bits per heavy atom. The Bertz CT molecular complexity index is 579. The smallest absolute Gasteiger partial charge is 0.407 e. The van der Waals surface area contributed by atoms with E-state index in [1.165, 1.54) is 6.20 Å². The molecule has 0 aliphatic carbocycles. The molecule has 0 aromatic carbocycles. The number of aromatic nitrogens is 2. The highest BCUT2D eigenvalue weighted by molar-refractivity contribution is 5.68. The van der Waals surface area contributed by atoms with Crippen LogP contribution in [0, 0.1) is 6.92 Å². The van der Waals surface area contributed by atoms with Gasteiger partial charge in [0.15, 0.2) is 0 Å². The standard InChI is InChI=1S/C17H26F2N4O2/c1-12-9-21-14(10-20-12)17(18,19)11-23-7-5-13(6-8-23)22-15(24)25-16(2,3)4/h9-10,13H,5-8,11H2,1-4H3,(H,22,24). The van der Waals surface area contributed by atoms with Crippen molar-refractivity contribution in [1.29, 1.82) is 0 Å². The zero-order valence-electron chi connectivity index (χ0n) is 15.2. The van der Waals surface area contributed by atoms with Crippen LogP contribution in [-0.2, 0) is 10.7 Å². The number of hydrogen-bond donors (Lipinski definition) is 1. The highest BCUT2D eigenvalue weighted by Gasteiger charge is 2.37. The molecule has 1 aliphatic rings. The SMILES string of the molecule is Cc1cnc(C(F)(F)CN2CCC(NC(=O)OC(C)(C)C)CC2)cn1. The van der Waals surface area contributed by atoms with Gasteiger partial charge in [-0.05, 0) is 40.5 Å². The zero-order chi connectivity index (χ0) is 18.7. The summed E-state index contributed by atoms with van der Waals surface area (Å²) in [6, 6.07) is -0.0566. The van der Waals surface area contributed by atoms with Crippen LogP contribution in [0.5, 0.6) is 0 Å². The minimum atomic E-state index is -3.05. The van der Waals surface area contributed by atoms with Gasteiger partial charge in [-0.3, -0.25) is 14.9 Å². The lowest BCUT2D eigenvalue weighted by molar-refractivity contribution is -0.0473. The first kappa shape index (κ1) is 19.5. The van der Waals surface area contributed by atoms with Crippen LogP contribution in [0.2, 0.25) is 0 Å². The molecule has 1 fully saturated rings. The highest BCUT2D eigenvalue weighted by Crippen LogP contribution is 2.28. The van der Waals surface area contributed by atoms with Gasteiger partial charge in [-0.1, -0.05) is 0 Å². The predicted molar refractivity (Wildman–Crippen MR) is 89.5 cm³/mol. The highest BCUT2D eigenvalue weighted by atomic mass is 19.3. The van der Waals surface area contributed by atoms with Crippen LogP contribution in [0.4, 0.5) is 13.6 Å². The maximum Gasteiger partial charge on any atom is 0.407 e. The van der Waals surface area contributed by atoms with Gasteiger partial charge in [0.1, 0.15) is 11.3 Å². The number of carbonyl (C=O) groups is 1. The molecular weight excluding hydrogens is 330 g/mol. The molecule has 1 aliphatic heterocycles. The second-order valence-electron chi connectivity index (χ2n) is 7.44. The van der Waals surface area contributed by atoms with Gasteiger partial charge in [-0.2, -0.15) is 8.78 Å². The Morgan fingerprint density at radius 3 is 2.44 bits per heavy atom. The van der Waals surface area contributed by atoms with Crippen LogP contribution in [0.25, 0.3) is 0 Å². The van der Waals surface area contributed by atoms with Gasteiger partial charge in [-0.15, -0.1) is 0 Å². The summed E-state index contributed by atoms with van der Waals surface area (Å²) in [6.07, 6.45) is 3.22. The molecule has 0 saturated carbocycles. The van der Waals surface area contributed by atoms with Crippen LogP contribution in [0.3, 0.4) is 0 Å². The second-order valence-corrected chi connectivity index (χ2v) is 7.44. The fraction of sp³-hybridized carbons (Fsp3) is 0.706. The Hall–Kier alpha value is -1.83. The molecule has 2 rings (SSSR count). The number of carbonyl (C=O) groups excluding carboxylic acids is 1. The summed E-state index contributed by atoms with van der Waals surface area (Å²) >= 11 is 0. The van der Waals surface area contributed by atoms with Gasteiger partial charge in [0, 0.05) is 25.3 Å². The summed E-state index contributed by atoms with van der Waals surface area (Å²) in [5.41, 5.74) is -0.261. The molecule has 0 radical (unpaired) electrons. The number of amides is 1. The van der Waals surface area contributed by atoms with E-state index in [4.69, 9.17) is 4.74 Å². The second kappa shape index (κ2) is 7.59. The van der Waals surface area contributed by atoms with Gasteiger partial charge in [0.25, 0.3) is 0 Å². The molecule has 8 heteroatoms. The van der Waals surface area contributed by atoms with E-state index in [0.717, 1.165) is 6.20 Å². The summed E-state index contributed by atoms with van der Waals surface area (Å²) in [5, 5.41) is 2.80. The van der Waals surface area contributed by atoms with E-state index < -0.39 is 24.2 Å². The minimum absolute atomic E-state index is 0.0566. The summed E-state index contributed by atoms with van der Waals surface area (Å²) in [6.45, 7) is 7.66. The number of aryl methyl sites for hydroxylation is 1. The van der Waals surface area contributed by atoms with Crippen LogP contribution in [0.1, 0.15) is 45.0 Å². The van der Waals surface area contributed by atoms with E-state index >= 15 is 0 Å². The maximum absolute atomic E-state index is 14.3. The van der Waals surface area contributed by atoms with Crippen LogP contribution in [0.15, 0.2) is 12.4 Å². The predicted octanol–water partition coefficient (Wildman–Crippen LogP) is 2.87. The number of hydrogen-bond acceptors (Lipinski definition) is 5. The number of alkyl carbamates (subject to hydrolysis) is 1. The fourth-order valence-electron chi connectivity index (χ4n) is 2.65. The average molecular weight is 356 g/mol. The van der Waals surface area contributed by atoms with Crippen LogP contribution >= 0.6 is 0 Å². The van der Waals surface area contributed by atoms with E-state index in [0.29, 0.717) is 31.6 Å². The number of ether oxygens (including phenoxy) is 1. The van der Waals surface area contributed by atoms with Crippen molar-refractivity contribution in [3.8, 4) is 0 Å². The molecule has 1 aromatic heterocycles. The van der Waals surface area contributed by atoms with Gasteiger partial charge >= 0.3 is 12.0 Å². The van der Waals surface area contributed by atoms with E-state index in [9.17, 15) is 13.6 Å². The first-order valence-electron chi connectivity index (χ1n) is 8.44.